The summed E-state index contributed by atoms with van der Waals surface area (Å²) in [4.78, 5) is 0. The van der Waals surface area contributed by atoms with Gasteiger partial charge in [0.1, 0.15) is 0 Å². The molecule has 31 heavy (non-hydrogen) atoms. The van der Waals surface area contributed by atoms with Gasteiger partial charge in [-0.15, -0.1) is 0 Å². The van der Waals surface area contributed by atoms with Crippen LogP contribution in [0, 0.1) is 28.6 Å². The van der Waals surface area contributed by atoms with Crippen molar-refractivity contribution in [3.63, 3.8) is 0 Å². The Morgan fingerprint density at radius 2 is 1.71 bits per heavy atom. The molecule has 3 saturated carbocycles. The maximum atomic E-state index is 6.91. The number of allylic oxidation sites excluding steroid dienone is 2. The van der Waals surface area contributed by atoms with Crippen LogP contribution in [0.1, 0.15) is 86.0 Å². The molecule has 0 bridgehead atoms. The lowest BCUT2D eigenvalue weighted by Gasteiger charge is -2.58. The summed E-state index contributed by atoms with van der Waals surface area (Å²) in [6.07, 6.45) is 13.2. The van der Waals surface area contributed by atoms with E-state index in [0.717, 1.165) is 43.8 Å². The van der Waals surface area contributed by atoms with Crippen LogP contribution < -0.4 is 0 Å². The van der Waals surface area contributed by atoms with E-state index in [0.29, 0.717) is 16.6 Å². The van der Waals surface area contributed by atoms with Crippen molar-refractivity contribution in [3.8, 4) is 0 Å². The first-order valence-corrected chi connectivity index (χ1v) is 16.0. The van der Waals surface area contributed by atoms with Gasteiger partial charge in [0.25, 0.3) is 0 Å². The summed E-state index contributed by atoms with van der Waals surface area (Å²) in [5, 5.41) is 0.296. The van der Waals surface area contributed by atoms with Crippen LogP contribution in [0.25, 0.3) is 0 Å². The van der Waals surface area contributed by atoms with Gasteiger partial charge in [-0.1, -0.05) is 46.3 Å². The summed E-state index contributed by atoms with van der Waals surface area (Å²) in [5.74, 6) is 1.96. The minimum Gasteiger partial charge on any atom is -0.414 e. The minimum atomic E-state index is -1.70. The van der Waals surface area contributed by atoms with Crippen molar-refractivity contribution < 1.29 is 13.9 Å². The number of hydrogen-bond donors (Lipinski definition) is 0. The summed E-state index contributed by atoms with van der Waals surface area (Å²) in [6.45, 7) is 18.6. The molecular formula is C27H46O3Si. The Balaban J connectivity index is 1.36. The third kappa shape index (κ3) is 3.21. The average molecular weight is 447 g/mol. The van der Waals surface area contributed by atoms with Crippen molar-refractivity contribution in [2.24, 2.45) is 28.6 Å². The van der Waals surface area contributed by atoms with Gasteiger partial charge in [0.2, 0.25) is 0 Å². The summed E-state index contributed by atoms with van der Waals surface area (Å²) >= 11 is 0. The Bertz CT molecular complexity index is 746. The lowest BCUT2D eigenvalue weighted by atomic mass is 9.49. The molecule has 4 fully saturated rings. The monoisotopic (exact) mass is 446 g/mol. The van der Waals surface area contributed by atoms with Crippen LogP contribution in [0.15, 0.2) is 11.6 Å². The van der Waals surface area contributed by atoms with Crippen LogP contribution in [0.5, 0.6) is 0 Å². The second kappa shape index (κ2) is 7.17. The average Bonchev–Trinajstić information content (AvgIpc) is 3.27. The molecular weight excluding hydrogens is 400 g/mol. The highest BCUT2D eigenvalue weighted by atomic mass is 28.4. The zero-order chi connectivity index (χ0) is 22.3. The van der Waals surface area contributed by atoms with Gasteiger partial charge in [-0.05, 0) is 86.2 Å². The Morgan fingerprint density at radius 1 is 1.00 bits per heavy atom. The van der Waals surface area contributed by atoms with Gasteiger partial charge < -0.3 is 13.9 Å². The SMILES string of the molecule is CC(C)(C)[Si](C)(C)O[C@H]1CC[C@]2(C)C3=CC[C@@]4(C)C(CCC45OCCO5)C3CC[C@@H]2C1. The zero-order valence-electron chi connectivity index (χ0n) is 21.2. The van der Waals surface area contributed by atoms with Gasteiger partial charge in [-0.2, -0.15) is 0 Å². The van der Waals surface area contributed by atoms with Gasteiger partial charge in [0, 0.05) is 17.9 Å². The van der Waals surface area contributed by atoms with E-state index in [1.165, 1.54) is 38.5 Å². The molecule has 0 N–H and O–H groups in total. The molecule has 0 amide bonds. The summed E-state index contributed by atoms with van der Waals surface area (Å²) < 4.78 is 19.5. The standard InChI is InChI=1S/C27H46O3Si/c1-24(2,3)31(6,7)30-20-10-13-25(4)19(18-20)8-9-21-22(25)11-14-26(5)23(21)12-15-27(26)28-16-17-29-27/h11,19-21,23H,8-10,12-18H2,1-7H3/t19-,20+,21?,23?,25+,26+/m1/s1. The fraction of sp³-hybridized carbons (Fsp3) is 0.926. The van der Waals surface area contributed by atoms with Crippen molar-refractivity contribution in [2.45, 2.75) is 116 Å². The molecule has 5 aliphatic rings. The Labute approximate surface area is 191 Å². The molecule has 6 atom stereocenters. The third-order valence-electron chi connectivity index (χ3n) is 11.0. The molecule has 0 aromatic rings. The minimum absolute atomic E-state index is 0.156. The molecule has 4 aliphatic carbocycles. The first-order chi connectivity index (χ1) is 14.4. The van der Waals surface area contributed by atoms with Gasteiger partial charge in [-0.3, -0.25) is 0 Å². The first-order valence-electron chi connectivity index (χ1n) is 13.1. The molecule has 176 valence electrons. The molecule has 2 unspecified atom stereocenters. The van der Waals surface area contributed by atoms with Crippen LogP contribution in [-0.2, 0) is 13.9 Å². The molecule has 0 aromatic carbocycles. The maximum absolute atomic E-state index is 6.91. The number of hydrogen-bond acceptors (Lipinski definition) is 3. The third-order valence-corrected chi connectivity index (χ3v) is 15.6. The van der Waals surface area contributed by atoms with Crippen molar-refractivity contribution in [2.75, 3.05) is 13.2 Å². The molecule has 4 heteroatoms. The lowest BCUT2D eigenvalue weighted by Crippen LogP contribution is -2.53. The summed E-state index contributed by atoms with van der Waals surface area (Å²) in [5.41, 5.74) is 2.35. The molecule has 0 radical (unpaired) electrons. The molecule has 0 aromatic heterocycles. The molecule has 5 rings (SSSR count). The van der Waals surface area contributed by atoms with E-state index in [-0.39, 0.29) is 11.2 Å². The highest BCUT2D eigenvalue weighted by Gasteiger charge is 2.65. The highest BCUT2D eigenvalue weighted by Crippen LogP contribution is 2.67. The Hall–Kier alpha value is -0.163. The van der Waals surface area contributed by atoms with Crippen LogP contribution in [-0.4, -0.2) is 33.4 Å². The number of fused-ring (bicyclic) bond motifs is 6. The highest BCUT2D eigenvalue weighted by molar-refractivity contribution is 6.74. The van der Waals surface area contributed by atoms with Crippen LogP contribution >= 0.6 is 0 Å². The lowest BCUT2D eigenvalue weighted by molar-refractivity contribution is -0.229. The van der Waals surface area contributed by atoms with Gasteiger partial charge in [0.15, 0.2) is 14.1 Å². The Kier molecular flexibility index (Phi) is 5.23. The molecule has 1 aliphatic heterocycles. The smallest absolute Gasteiger partial charge is 0.192 e. The fourth-order valence-corrected chi connectivity index (χ4v) is 9.48. The van der Waals surface area contributed by atoms with Crippen LogP contribution in [0.2, 0.25) is 18.1 Å². The van der Waals surface area contributed by atoms with Crippen molar-refractivity contribution in [1.29, 1.82) is 0 Å². The van der Waals surface area contributed by atoms with E-state index in [1.807, 2.05) is 5.57 Å². The van der Waals surface area contributed by atoms with E-state index >= 15 is 0 Å². The second-order valence-electron chi connectivity index (χ2n) is 13.4. The molecule has 1 heterocycles. The molecule has 1 spiro atoms. The predicted molar refractivity (Wildman–Crippen MR) is 128 cm³/mol. The maximum Gasteiger partial charge on any atom is 0.192 e. The van der Waals surface area contributed by atoms with Crippen LogP contribution in [0.3, 0.4) is 0 Å². The van der Waals surface area contributed by atoms with Crippen LogP contribution in [0.4, 0.5) is 0 Å². The van der Waals surface area contributed by atoms with E-state index in [2.05, 4.69) is 53.8 Å². The van der Waals surface area contributed by atoms with E-state index in [4.69, 9.17) is 13.9 Å². The first kappa shape index (κ1) is 22.6. The van der Waals surface area contributed by atoms with E-state index in [9.17, 15) is 0 Å². The normalized spacial score (nSPS) is 44.5. The van der Waals surface area contributed by atoms with Gasteiger partial charge >= 0.3 is 0 Å². The van der Waals surface area contributed by atoms with E-state index < -0.39 is 8.32 Å². The summed E-state index contributed by atoms with van der Waals surface area (Å²) in [6, 6.07) is 0. The van der Waals surface area contributed by atoms with E-state index in [1.54, 1.807) is 0 Å². The molecule has 1 saturated heterocycles. The van der Waals surface area contributed by atoms with Gasteiger partial charge in [0.05, 0.1) is 13.2 Å². The van der Waals surface area contributed by atoms with Crippen molar-refractivity contribution in [3.05, 3.63) is 11.6 Å². The molecule has 3 nitrogen and oxygen atoms in total. The van der Waals surface area contributed by atoms with Crippen molar-refractivity contribution >= 4 is 8.32 Å². The largest absolute Gasteiger partial charge is 0.414 e. The zero-order valence-corrected chi connectivity index (χ0v) is 22.2. The second-order valence-corrected chi connectivity index (χ2v) is 18.2. The number of rotatable bonds is 2. The van der Waals surface area contributed by atoms with Crippen molar-refractivity contribution in [1.82, 2.24) is 0 Å². The predicted octanol–water partition coefficient (Wildman–Crippen LogP) is 7.08. The number of ether oxygens (including phenoxy) is 2. The Morgan fingerprint density at radius 3 is 2.39 bits per heavy atom. The quantitative estimate of drug-likeness (QED) is 0.335. The topological polar surface area (TPSA) is 27.7 Å². The van der Waals surface area contributed by atoms with Gasteiger partial charge in [-0.25, -0.2) is 0 Å². The fourth-order valence-electron chi connectivity index (χ4n) is 8.07. The summed E-state index contributed by atoms with van der Waals surface area (Å²) in [7, 11) is -1.70.